The Kier molecular flexibility index (Phi) is 3.28. The minimum Gasteiger partial charge on any atom is -0.481 e. The molecule has 0 aliphatic rings. The quantitative estimate of drug-likeness (QED) is 0.771. The SMILES string of the molecule is COc1ccc(NC(=O)N(C)C)cn1. The molecule has 0 radical (unpaired) electrons. The third-order valence-corrected chi connectivity index (χ3v) is 1.60. The number of methoxy groups -OCH3 is 1. The van der Waals surface area contributed by atoms with Crippen molar-refractivity contribution in [3.05, 3.63) is 18.3 Å². The van der Waals surface area contributed by atoms with Gasteiger partial charge in [0.05, 0.1) is 19.0 Å². The number of hydrogen-bond donors (Lipinski definition) is 1. The Hall–Kier alpha value is -1.78. The maximum absolute atomic E-state index is 11.2. The van der Waals surface area contributed by atoms with Crippen LogP contribution in [-0.2, 0) is 0 Å². The molecule has 1 aromatic rings. The molecular weight excluding hydrogens is 182 g/mol. The Morgan fingerprint density at radius 2 is 2.21 bits per heavy atom. The summed E-state index contributed by atoms with van der Waals surface area (Å²) in [4.78, 5) is 16.6. The number of carbonyl (C=O) groups excluding carboxylic acids is 1. The molecule has 5 heteroatoms. The first kappa shape index (κ1) is 10.3. The topological polar surface area (TPSA) is 54.5 Å². The van der Waals surface area contributed by atoms with E-state index in [0.717, 1.165) is 0 Å². The third kappa shape index (κ3) is 2.62. The monoisotopic (exact) mass is 195 g/mol. The van der Waals surface area contributed by atoms with Gasteiger partial charge in [0.2, 0.25) is 5.88 Å². The zero-order valence-electron chi connectivity index (χ0n) is 8.44. The first-order chi connectivity index (χ1) is 6.63. The van der Waals surface area contributed by atoms with Crippen LogP contribution in [0.15, 0.2) is 18.3 Å². The highest BCUT2D eigenvalue weighted by Crippen LogP contribution is 2.10. The maximum Gasteiger partial charge on any atom is 0.321 e. The second-order valence-electron chi connectivity index (χ2n) is 2.91. The third-order valence-electron chi connectivity index (χ3n) is 1.60. The van der Waals surface area contributed by atoms with E-state index in [0.29, 0.717) is 11.6 Å². The van der Waals surface area contributed by atoms with Gasteiger partial charge in [-0.1, -0.05) is 0 Å². The highest BCUT2D eigenvalue weighted by molar-refractivity contribution is 5.88. The minimum atomic E-state index is -0.183. The molecule has 0 aliphatic carbocycles. The van der Waals surface area contributed by atoms with Gasteiger partial charge >= 0.3 is 6.03 Å². The molecule has 0 aliphatic heterocycles. The average Bonchev–Trinajstić information content (AvgIpc) is 2.19. The number of pyridine rings is 1. The standard InChI is InChI=1S/C9H13N3O2/c1-12(2)9(13)11-7-4-5-8(14-3)10-6-7/h4-6H,1-3H3,(H,11,13). The first-order valence-corrected chi connectivity index (χ1v) is 4.12. The Morgan fingerprint density at radius 3 is 2.64 bits per heavy atom. The van der Waals surface area contributed by atoms with E-state index in [-0.39, 0.29) is 6.03 Å². The van der Waals surface area contributed by atoms with Crippen LogP contribution in [0.4, 0.5) is 10.5 Å². The normalized spacial score (nSPS) is 9.36. The number of hydrogen-bond acceptors (Lipinski definition) is 3. The van der Waals surface area contributed by atoms with Crippen molar-refractivity contribution in [3.8, 4) is 5.88 Å². The number of urea groups is 1. The average molecular weight is 195 g/mol. The van der Waals surface area contributed by atoms with E-state index >= 15 is 0 Å². The molecule has 0 saturated carbocycles. The Balaban J connectivity index is 2.64. The van der Waals surface area contributed by atoms with Gasteiger partial charge < -0.3 is 15.0 Å². The highest BCUT2D eigenvalue weighted by Gasteiger charge is 2.03. The number of carbonyl (C=O) groups is 1. The van der Waals surface area contributed by atoms with E-state index in [4.69, 9.17) is 4.74 Å². The fourth-order valence-electron chi connectivity index (χ4n) is 0.810. The van der Waals surface area contributed by atoms with Crippen LogP contribution in [0, 0.1) is 0 Å². The molecule has 1 aromatic heterocycles. The molecule has 0 saturated heterocycles. The molecule has 0 aromatic carbocycles. The highest BCUT2D eigenvalue weighted by atomic mass is 16.5. The number of nitrogens with zero attached hydrogens (tertiary/aromatic N) is 2. The van der Waals surface area contributed by atoms with Gasteiger partial charge in [-0.05, 0) is 6.07 Å². The molecule has 1 rings (SSSR count). The fourth-order valence-corrected chi connectivity index (χ4v) is 0.810. The molecule has 76 valence electrons. The second-order valence-corrected chi connectivity index (χ2v) is 2.91. The van der Waals surface area contributed by atoms with Crippen LogP contribution < -0.4 is 10.1 Å². The van der Waals surface area contributed by atoms with Crippen molar-refractivity contribution in [2.45, 2.75) is 0 Å². The molecule has 2 amide bonds. The lowest BCUT2D eigenvalue weighted by Gasteiger charge is -2.11. The van der Waals surface area contributed by atoms with Gasteiger partial charge in [-0.25, -0.2) is 9.78 Å². The lowest BCUT2D eigenvalue weighted by Crippen LogP contribution is -2.27. The molecule has 5 nitrogen and oxygen atoms in total. The molecule has 1 N–H and O–H groups in total. The second kappa shape index (κ2) is 4.45. The number of nitrogens with one attached hydrogen (secondary N) is 1. The fraction of sp³-hybridized carbons (Fsp3) is 0.333. The van der Waals surface area contributed by atoms with Crippen LogP contribution in [0.2, 0.25) is 0 Å². The summed E-state index contributed by atoms with van der Waals surface area (Å²) in [6.45, 7) is 0. The van der Waals surface area contributed by atoms with Crippen molar-refractivity contribution in [2.75, 3.05) is 26.5 Å². The molecule has 0 unspecified atom stereocenters. The van der Waals surface area contributed by atoms with Crippen LogP contribution in [0.1, 0.15) is 0 Å². The zero-order chi connectivity index (χ0) is 10.6. The smallest absolute Gasteiger partial charge is 0.321 e. The summed E-state index contributed by atoms with van der Waals surface area (Å²) in [5.41, 5.74) is 0.643. The summed E-state index contributed by atoms with van der Waals surface area (Å²) in [7, 11) is 4.89. The first-order valence-electron chi connectivity index (χ1n) is 4.12. The van der Waals surface area contributed by atoms with E-state index < -0.39 is 0 Å². The summed E-state index contributed by atoms with van der Waals surface area (Å²) in [5, 5.41) is 2.66. The molecule has 0 bridgehead atoms. The van der Waals surface area contributed by atoms with Crippen molar-refractivity contribution >= 4 is 11.7 Å². The zero-order valence-corrected chi connectivity index (χ0v) is 8.44. The Labute approximate surface area is 82.7 Å². The van der Waals surface area contributed by atoms with Gasteiger partial charge in [0.25, 0.3) is 0 Å². The summed E-state index contributed by atoms with van der Waals surface area (Å²) >= 11 is 0. The van der Waals surface area contributed by atoms with Gasteiger partial charge in [-0.2, -0.15) is 0 Å². The maximum atomic E-state index is 11.2. The van der Waals surface area contributed by atoms with E-state index in [1.54, 1.807) is 39.5 Å². The van der Waals surface area contributed by atoms with E-state index in [1.807, 2.05) is 0 Å². The number of anilines is 1. The largest absolute Gasteiger partial charge is 0.481 e. The molecule has 0 fully saturated rings. The minimum absolute atomic E-state index is 0.183. The molecule has 0 spiro atoms. The van der Waals surface area contributed by atoms with Crippen molar-refractivity contribution in [3.63, 3.8) is 0 Å². The summed E-state index contributed by atoms with van der Waals surface area (Å²) in [5.74, 6) is 0.521. The number of amides is 2. The van der Waals surface area contributed by atoms with Crippen LogP contribution in [0.3, 0.4) is 0 Å². The van der Waals surface area contributed by atoms with Gasteiger partial charge in [0, 0.05) is 20.2 Å². The number of rotatable bonds is 2. The predicted molar refractivity (Wildman–Crippen MR) is 53.5 cm³/mol. The molecule has 0 atom stereocenters. The van der Waals surface area contributed by atoms with Crippen molar-refractivity contribution in [1.82, 2.24) is 9.88 Å². The number of ether oxygens (including phenoxy) is 1. The van der Waals surface area contributed by atoms with E-state index in [9.17, 15) is 4.79 Å². The van der Waals surface area contributed by atoms with Gasteiger partial charge in [0.15, 0.2) is 0 Å². The van der Waals surface area contributed by atoms with E-state index in [2.05, 4.69) is 10.3 Å². The van der Waals surface area contributed by atoms with Crippen molar-refractivity contribution < 1.29 is 9.53 Å². The summed E-state index contributed by atoms with van der Waals surface area (Å²) < 4.78 is 4.89. The summed E-state index contributed by atoms with van der Waals surface area (Å²) in [6.07, 6.45) is 1.54. The Morgan fingerprint density at radius 1 is 1.50 bits per heavy atom. The van der Waals surface area contributed by atoms with Crippen LogP contribution in [0.25, 0.3) is 0 Å². The lowest BCUT2D eigenvalue weighted by molar-refractivity contribution is 0.230. The Bertz CT molecular complexity index is 308. The summed E-state index contributed by atoms with van der Waals surface area (Å²) in [6, 6.07) is 3.23. The van der Waals surface area contributed by atoms with Crippen LogP contribution >= 0.6 is 0 Å². The lowest BCUT2D eigenvalue weighted by atomic mass is 10.4. The predicted octanol–water partition coefficient (Wildman–Crippen LogP) is 1.18. The van der Waals surface area contributed by atoms with Crippen molar-refractivity contribution in [1.29, 1.82) is 0 Å². The van der Waals surface area contributed by atoms with Crippen LogP contribution in [0.5, 0.6) is 5.88 Å². The van der Waals surface area contributed by atoms with E-state index in [1.165, 1.54) is 4.90 Å². The van der Waals surface area contributed by atoms with Gasteiger partial charge in [-0.15, -0.1) is 0 Å². The molecular formula is C9H13N3O2. The molecule has 14 heavy (non-hydrogen) atoms. The van der Waals surface area contributed by atoms with Gasteiger partial charge in [-0.3, -0.25) is 0 Å². The van der Waals surface area contributed by atoms with Crippen molar-refractivity contribution in [2.24, 2.45) is 0 Å². The number of aromatic nitrogens is 1. The molecule has 1 heterocycles. The van der Waals surface area contributed by atoms with Crippen LogP contribution in [-0.4, -0.2) is 37.1 Å². The van der Waals surface area contributed by atoms with Gasteiger partial charge in [0.1, 0.15) is 0 Å².